The number of hydrogen-bond acceptors (Lipinski definition) is 4. The van der Waals surface area contributed by atoms with Crippen molar-refractivity contribution in [3.8, 4) is 0 Å². The molecule has 0 spiro atoms. The summed E-state index contributed by atoms with van der Waals surface area (Å²) in [6.45, 7) is 4.17. The third-order valence-corrected chi connectivity index (χ3v) is 3.69. The average molecular weight is 340 g/mol. The molecule has 0 aliphatic carbocycles. The van der Waals surface area contributed by atoms with Crippen molar-refractivity contribution in [3.05, 3.63) is 65.7 Å². The van der Waals surface area contributed by atoms with Gasteiger partial charge in [0, 0.05) is 11.3 Å². The van der Waals surface area contributed by atoms with Gasteiger partial charge >= 0.3 is 5.97 Å². The molecule has 5 nitrogen and oxygen atoms in total. The highest BCUT2D eigenvalue weighted by atomic mass is 16.5. The van der Waals surface area contributed by atoms with E-state index in [-0.39, 0.29) is 18.4 Å². The van der Waals surface area contributed by atoms with Gasteiger partial charge in [0.05, 0.1) is 0 Å². The molecule has 0 radical (unpaired) electrons. The normalized spacial score (nSPS) is 11.8. The van der Waals surface area contributed by atoms with Gasteiger partial charge in [0.1, 0.15) is 12.6 Å². The fourth-order valence-corrected chi connectivity index (χ4v) is 2.39. The van der Waals surface area contributed by atoms with Crippen LogP contribution >= 0.6 is 0 Å². The smallest absolute Gasteiger partial charge is 0.328 e. The molecule has 0 bridgehead atoms. The molecule has 2 aromatic rings. The summed E-state index contributed by atoms with van der Waals surface area (Å²) in [4.78, 5) is 24.8. The maximum atomic E-state index is 12.4. The largest absolute Gasteiger partial charge is 0.459 e. The predicted molar refractivity (Wildman–Crippen MR) is 97.8 cm³/mol. The van der Waals surface area contributed by atoms with Crippen LogP contribution < -0.4 is 11.1 Å². The molecule has 25 heavy (non-hydrogen) atoms. The van der Waals surface area contributed by atoms with Crippen LogP contribution in [0.15, 0.2) is 54.6 Å². The number of nitrogens with one attached hydrogen (secondary N) is 1. The number of amides is 1. The molecule has 0 saturated carbocycles. The molecule has 1 atom stereocenters. The summed E-state index contributed by atoms with van der Waals surface area (Å²) in [6.07, 6.45) is 0.508. The van der Waals surface area contributed by atoms with E-state index in [1.54, 1.807) is 24.3 Å². The second kappa shape index (κ2) is 8.87. The summed E-state index contributed by atoms with van der Waals surface area (Å²) < 4.78 is 5.37. The number of carbonyl (C=O) groups is 2. The van der Waals surface area contributed by atoms with Gasteiger partial charge in [-0.05, 0) is 42.2 Å². The Morgan fingerprint density at radius 1 is 1.04 bits per heavy atom. The fourth-order valence-electron chi connectivity index (χ4n) is 2.39. The van der Waals surface area contributed by atoms with Crippen LogP contribution in [0.1, 0.15) is 36.2 Å². The zero-order valence-electron chi connectivity index (χ0n) is 14.6. The zero-order chi connectivity index (χ0) is 18.2. The summed E-state index contributed by atoms with van der Waals surface area (Å²) in [7, 11) is 0. The molecule has 1 unspecified atom stereocenters. The van der Waals surface area contributed by atoms with Crippen molar-refractivity contribution in [1.29, 1.82) is 0 Å². The third kappa shape index (κ3) is 5.95. The molecule has 0 saturated heterocycles. The van der Waals surface area contributed by atoms with Gasteiger partial charge in [0.15, 0.2) is 0 Å². The van der Waals surface area contributed by atoms with Gasteiger partial charge in [-0.15, -0.1) is 0 Å². The van der Waals surface area contributed by atoms with E-state index in [1.165, 1.54) is 0 Å². The van der Waals surface area contributed by atoms with Crippen molar-refractivity contribution in [1.82, 2.24) is 5.32 Å². The number of nitrogens with two attached hydrogens (primary N) is 1. The summed E-state index contributed by atoms with van der Waals surface area (Å²) in [5, 5.41) is 2.77. The molecule has 5 heteroatoms. The Morgan fingerprint density at radius 2 is 1.68 bits per heavy atom. The molecule has 3 N–H and O–H groups in total. The second-order valence-corrected chi connectivity index (χ2v) is 6.37. The zero-order valence-corrected chi connectivity index (χ0v) is 14.6. The number of hydrogen-bond donors (Lipinski definition) is 2. The van der Waals surface area contributed by atoms with Gasteiger partial charge in [0.2, 0.25) is 0 Å². The monoisotopic (exact) mass is 340 g/mol. The van der Waals surface area contributed by atoms with Gasteiger partial charge in [-0.3, -0.25) is 4.79 Å². The van der Waals surface area contributed by atoms with E-state index >= 15 is 0 Å². The van der Waals surface area contributed by atoms with Gasteiger partial charge in [0.25, 0.3) is 5.91 Å². The Bertz CT molecular complexity index is 697. The van der Waals surface area contributed by atoms with Crippen LogP contribution in [0.3, 0.4) is 0 Å². The fraction of sp³-hybridized carbons (Fsp3) is 0.300. The number of esters is 1. The number of anilines is 1. The predicted octanol–water partition coefficient (Wildman–Crippen LogP) is 3.16. The Balaban J connectivity index is 2.00. The van der Waals surface area contributed by atoms with Crippen LogP contribution in [0.4, 0.5) is 5.69 Å². The van der Waals surface area contributed by atoms with Crippen molar-refractivity contribution in [2.75, 3.05) is 5.73 Å². The second-order valence-electron chi connectivity index (χ2n) is 6.37. The lowest BCUT2D eigenvalue weighted by molar-refractivity contribution is -0.147. The summed E-state index contributed by atoms with van der Waals surface area (Å²) >= 11 is 0. The number of benzene rings is 2. The van der Waals surface area contributed by atoms with Gasteiger partial charge in [-0.2, -0.15) is 0 Å². The van der Waals surface area contributed by atoms with Crippen molar-refractivity contribution in [2.45, 2.75) is 32.9 Å². The van der Waals surface area contributed by atoms with E-state index in [9.17, 15) is 9.59 Å². The number of ether oxygens (including phenoxy) is 1. The van der Waals surface area contributed by atoms with Crippen LogP contribution in [-0.2, 0) is 16.1 Å². The van der Waals surface area contributed by atoms with E-state index in [4.69, 9.17) is 10.5 Å². The first-order valence-electron chi connectivity index (χ1n) is 8.32. The van der Waals surface area contributed by atoms with Crippen LogP contribution in [0.25, 0.3) is 0 Å². The summed E-state index contributed by atoms with van der Waals surface area (Å²) in [6, 6.07) is 15.3. The van der Waals surface area contributed by atoms with Crippen molar-refractivity contribution in [2.24, 2.45) is 5.92 Å². The lowest BCUT2D eigenvalue weighted by Crippen LogP contribution is -2.42. The van der Waals surface area contributed by atoms with E-state index in [2.05, 4.69) is 5.32 Å². The first kappa shape index (κ1) is 18.5. The Kier molecular flexibility index (Phi) is 6.57. The van der Waals surface area contributed by atoms with Gasteiger partial charge in [-0.1, -0.05) is 44.2 Å². The van der Waals surface area contributed by atoms with Crippen molar-refractivity contribution < 1.29 is 14.3 Å². The molecule has 132 valence electrons. The van der Waals surface area contributed by atoms with E-state index in [0.29, 0.717) is 17.7 Å². The number of carbonyl (C=O) groups excluding carboxylic acids is 2. The molecule has 0 fully saturated rings. The van der Waals surface area contributed by atoms with Gasteiger partial charge < -0.3 is 15.8 Å². The minimum absolute atomic E-state index is 0.187. The molecular weight excluding hydrogens is 316 g/mol. The highest BCUT2D eigenvalue weighted by molar-refractivity contribution is 5.97. The van der Waals surface area contributed by atoms with Crippen LogP contribution in [0, 0.1) is 5.92 Å². The highest BCUT2D eigenvalue weighted by Crippen LogP contribution is 2.11. The quantitative estimate of drug-likeness (QED) is 0.599. The molecule has 0 aliphatic rings. The maximum absolute atomic E-state index is 12.4. The van der Waals surface area contributed by atoms with Crippen LogP contribution in [0.2, 0.25) is 0 Å². The van der Waals surface area contributed by atoms with Crippen molar-refractivity contribution in [3.63, 3.8) is 0 Å². The minimum atomic E-state index is -0.686. The maximum Gasteiger partial charge on any atom is 0.328 e. The first-order chi connectivity index (χ1) is 12.0. The average Bonchev–Trinajstić information content (AvgIpc) is 2.60. The molecule has 0 aliphatic heterocycles. The van der Waals surface area contributed by atoms with Crippen LogP contribution in [0.5, 0.6) is 0 Å². The number of nitrogen functional groups attached to an aromatic ring is 1. The van der Waals surface area contributed by atoms with Crippen molar-refractivity contribution >= 4 is 17.6 Å². The lowest BCUT2D eigenvalue weighted by atomic mass is 10.0. The minimum Gasteiger partial charge on any atom is -0.459 e. The Labute approximate surface area is 148 Å². The van der Waals surface area contributed by atoms with E-state index in [1.807, 2.05) is 44.2 Å². The number of rotatable bonds is 7. The molecule has 0 heterocycles. The Morgan fingerprint density at radius 3 is 2.28 bits per heavy atom. The highest BCUT2D eigenvalue weighted by Gasteiger charge is 2.24. The molecule has 0 aromatic heterocycles. The standard InChI is InChI=1S/C20H24N2O3/c1-14(2)12-18(20(24)25-13-15-6-4-3-5-7-15)22-19(23)16-8-10-17(21)11-9-16/h3-11,14,18H,12-13,21H2,1-2H3,(H,22,23). The molecule has 2 aromatic carbocycles. The third-order valence-electron chi connectivity index (χ3n) is 3.69. The van der Waals surface area contributed by atoms with Gasteiger partial charge in [-0.25, -0.2) is 4.79 Å². The summed E-state index contributed by atoms with van der Waals surface area (Å²) in [5.41, 5.74) is 7.58. The molecular formula is C20H24N2O3. The lowest BCUT2D eigenvalue weighted by Gasteiger charge is -2.19. The Hall–Kier alpha value is -2.82. The molecule has 2 rings (SSSR count). The van der Waals surface area contributed by atoms with E-state index < -0.39 is 12.0 Å². The van der Waals surface area contributed by atoms with Crippen LogP contribution in [-0.4, -0.2) is 17.9 Å². The SMILES string of the molecule is CC(C)CC(NC(=O)c1ccc(N)cc1)C(=O)OCc1ccccc1. The summed E-state index contributed by atoms with van der Waals surface area (Å²) in [5.74, 6) is -0.510. The molecule has 1 amide bonds. The topological polar surface area (TPSA) is 81.4 Å². The van der Waals surface area contributed by atoms with E-state index in [0.717, 1.165) is 5.56 Å². The first-order valence-corrected chi connectivity index (χ1v) is 8.32.